The van der Waals surface area contributed by atoms with Crippen molar-refractivity contribution in [3.8, 4) is 11.4 Å². The summed E-state index contributed by atoms with van der Waals surface area (Å²) in [7, 11) is 0. The third kappa shape index (κ3) is 2.94. The number of hydrogen-bond acceptors (Lipinski definition) is 3. The molecule has 2 aromatic rings. The van der Waals surface area contributed by atoms with Crippen LogP contribution >= 0.6 is 0 Å². The van der Waals surface area contributed by atoms with Gasteiger partial charge in [0.15, 0.2) is 0 Å². The molecule has 0 unspecified atom stereocenters. The summed E-state index contributed by atoms with van der Waals surface area (Å²) >= 11 is 0. The van der Waals surface area contributed by atoms with Crippen molar-refractivity contribution in [1.29, 1.82) is 0 Å². The Balaban J connectivity index is 2.30. The largest absolute Gasteiger partial charge is 0.339 e. The van der Waals surface area contributed by atoms with Gasteiger partial charge in [-0.15, -0.1) is 0 Å². The third-order valence-corrected chi connectivity index (χ3v) is 2.56. The van der Waals surface area contributed by atoms with Gasteiger partial charge in [0.25, 0.3) is 0 Å². The van der Waals surface area contributed by atoms with E-state index in [9.17, 15) is 4.39 Å². The van der Waals surface area contributed by atoms with Gasteiger partial charge in [-0.1, -0.05) is 38.1 Å². The van der Waals surface area contributed by atoms with E-state index in [2.05, 4.69) is 30.9 Å². The van der Waals surface area contributed by atoms with Crippen molar-refractivity contribution >= 4 is 0 Å². The highest BCUT2D eigenvalue weighted by Crippen LogP contribution is 2.25. The van der Waals surface area contributed by atoms with Crippen molar-refractivity contribution in [3.05, 3.63) is 35.5 Å². The second-order valence-electron chi connectivity index (χ2n) is 5.68. The molecule has 2 rings (SSSR count). The van der Waals surface area contributed by atoms with E-state index < -0.39 is 0 Å². The molecule has 0 saturated heterocycles. The van der Waals surface area contributed by atoms with E-state index in [1.54, 1.807) is 13.0 Å². The van der Waals surface area contributed by atoms with Gasteiger partial charge < -0.3 is 4.52 Å². The van der Waals surface area contributed by atoms with E-state index in [1.807, 2.05) is 6.07 Å². The summed E-state index contributed by atoms with van der Waals surface area (Å²) in [4.78, 5) is 4.08. The summed E-state index contributed by atoms with van der Waals surface area (Å²) < 4.78 is 18.9. The van der Waals surface area contributed by atoms with E-state index in [1.165, 1.54) is 6.07 Å². The van der Waals surface area contributed by atoms with Crippen molar-refractivity contribution in [2.45, 2.75) is 34.1 Å². The van der Waals surface area contributed by atoms with Crippen LogP contribution in [0.15, 0.2) is 22.7 Å². The number of aryl methyl sites for hydroxylation is 1. The minimum Gasteiger partial charge on any atom is -0.339 e. The van der Waals surface area contributed by atoms with Crippen LogP contribution < -0.4 is 0 Å². The van der Waals surface area contributed by atoms with Crippen LogP contribution in [0, 0.1) is 18.2 Å². The maximum Gasteiger partial charge on any atom is 0.223 e. The molecule has 0 aliphatic heterocycles. The lowest BCUT2D eigenvalue weighted by Gasteiger charge is -2.18. The summed E-state index contributed by atoms with van der Waals surface area (Å²) in [6.45, 7) is 7.97. The molecule has 0 saturated carbocycles. The highest BCUT2D eigenvalue weighted by Gasteiger charge is 2.15. The fraction of sp³-hybridized carbons (Fsp3) is 0.429. The van der Waals surface area contributed by atoms with Crippen molar-refractivity contribution in [1.82, 2.24) is 10.1 Å². The molecule has 0 radical (unpaired) electrons. The summed E-state index contributed by atoms with van der Waals surface area (Å²) in [5.74, 6) is 0.683. The van der Waals surface area contributed by atoms with Gasteiger partial charge >= 0.3 is 0 Å². The van der Waals surface area contributed by atoms with Gasteiger partial charge in [-0.3, -0.25) is 0 Å². The number of aromatic nitrogens is 2. The van der Waals surface area contributed by atoms with E-state index in [0.29, 0.717) is 29.3 Å². The Kier molecular flexibility index (Phi) is 3.20. The van der Waals surface area contributed by atoms with Gasteiger partial charge in [-0.2, -0.15) is 4.98 Å². The summed E-state index contributed by atoms with van der Waals surface area (Å²) in [5.41, 5.74) is 1.42. The number of hydrogen-bond donors (Lipinski definition) is 0. The Bertz CT molecular complexity index is 555. The topological polar surface area (TPSA) is 38.9 Å². The Morgan fingerprint density at radius 3 is 2.50 bits per heavy atom. The Morgan fingerprint density at radius 1 is 1.28 bits per heavy atom. The number of halogens is 1. The highest BCUT2D eigenvalue weighted by molar-refractivity contribution is 5.55. The molecule has 0 atom stereocenters. The van der Waals surface area contributed by atoms with E-state index in [0.717, 1.165) is 0 Å². The van der Waals surface area contributed by atoms with Gasteiger partial charge in [0, 0.05) is 12.5 Å². The Morgan fingerprint density at radius 2 is 2.00 bits per heavy atom. The SMILES string of the molecule is Cc1nc(-c2ccc(CC(C)(C)C)c(F)c2)no1. The average Bonchev–Trinajstić information content (AvgIpc) is 2.66. The van der Waals surface area contributed by atoms with E-state index in [4.69, 9.17) is 4.52 Å². The second-order valence-corrected chi connectivity index (χ2v) is 5.68. The standard InChI is InChI=1S/C14H17FN2O/c1-9-16-13(17-18-9)10-5-6-11(12(15)7-10)8-14(2,3)4/h5-7H,8H2,1-4H3. The van der Waals surface area contributed by atoms with Gasteiger partial charge in [-0.05, 0) is 23.5 Å². The highest BCUT2D eigenvalue weighted by atomic mass is 19.1. The predicted molar refractivity (Wildman–Crippen MR) is 67.6 cm³/mol. The molecule has 0 fully saturated rings. The predicted octanol–water partition coefficient (Wildman–Crippen LogP) is 3.77. The molecule has 1 aromatic heterocycles. The maximum atomic E-state index is 14.0. The van der Waals surface area contributed by atoms with Gasteiger partial charge in [0.2, 0.25) is 11.7 Å². The van der Waals surface area contributed by atoms with Gasteiger partial charge in [0.05, 0.1) is 0 Å². The summed E-state index contributed by atoms with van der Waals surface area (Å²) in [6, 6.07) is 5.08. The molecular weight excluding hydrogens is 231 g/mol. The first-order valence-corrected chi connectivity index (χ1v) is 5.94. The average molecular weight is 248 g/mol. The number of benzene rings is 1. The molecule has 0 spiro atoms. The lowest BCUT2D eigenvalue weighted by Crippen LogP contribution is -2.10. The van der Waals surface area contributed by atoms with E-state index >= 15 is 0 Å². The van der Waals surface area contributed by atoms with Crippen LogP contribution in [0.5, 0.6) is 0 Å². The molecular formula is C14H17FN2O. The monoisotopic (exact) mass is 248 g/mol. The molecule has 0 aliphatic carbocycles. The molecule has 96 valence electrons. The third-order valence-electron chi connectivity index (χ3n) is 2.56. The van der Waals surface area contributed by atoms with Crippen molar-refractivity contribution in [2.75, 3.05) is 0 Å². The molecule has 0 aliphatic rings. The molecule has 0 N–H and O–H groups in total. The smallest absolute Gasteiger partial charge is 0.223 e. The normalized spacial score (nSPS) is 11.8. The second kappa shape index (κ2) is 4.52. The number of rotatable bonds is 2. The Hall–Kier alpha value is -1.71. The first-order valence-electron chi connectivity index (χ1n) is 5.94. The lowest BCUT2D eigenvalue weighted by molar-refractivity contribution is 0.394. The van der Waals surface area contributed by atoms with Crippen LogP contribution in [0.25, 0.3) is 11.4 Å². The molecule has 0 bridgehead atoms. The number of nitrogens with zero attached hydrogens (tertiary/aromatic N) is 2. The quantitative estimate of drug-likeness (QED) is 0.812. The van der Waals surface area contributed by atoms with Crippen LogP contribution in [0.1, 0.15) is 32.2 Å². The first kappa shape index (κ1) is 12.7. The molecule has 1 aromatic carbocycles. The minimum absolute atomic E-state index is 0.0606. The molecule has 0 amide bonds. The maximum absolute atomic E-state index is 14.0. The van der Waals surface area contributed by atoms with Gasteiger partial charge in [-0.25, -0.2) is 4.39 Å². The molecule has 18 heavy (non-hydrogen) atoms. The van der Waals surface area contributed by atoms with Crippen LogP contribution in [0.3, 0.4) is 0 Å². The fourth-order valence-corrected chi connectivity index (χ4v) is 1.82. The lowest BCUT2D eigenvalue weighted by atomic mass is 9.87. The van der Waals surface area contributed by atoms with Crippen molar-refractivity contribution < 1.29 is 8.91 Å². The van der Waals surface area contributed by atoms with Crippen molar-refractivity contribution in [2.24, 2.45) is 5.41 Å². The summed E-state index contributed by atoms with van der Waals surface area (Å²) in [6.07, 6.45) is 0.699. The minimum atomic E-state index is -0.218. The summed E-state index contributed by atoms with van der Waals surface area (Å²) in [5, 5.41) is 3.78. The zero-order valence-corrected chi connectivity index (χ0v) is 11.1. The molecule has 3 nitrogen and oxygen atoms in total. The first-order chi connectivity index (χ1) is 8.35. The van der Waals surface area contributed by atoms with Crippen LogP contribution in [-0.2, 0) is 6.42 Å². The van der Waals surface area contributed by atoms with Crippen LogP contribution in [0.2, 0.25) is 0 Å². The van der Waals surface area contributed by atoms with E-state index in [-0.39, 0.29) is 11.2 Å². The van der Waals surface area contributed by atoms with Gasteiger partial charge in [0.1, 0.15) is 5.82 Å². The molecule has 1 heterocycles. The van der Waals surface area contributed by atoms with Crippen LogP contribution in [-0.4, -0.2) is 10.1 Å². The molecule has 4 heteroatoms. The fourth-order valence-electron chi connectivity index (χ4n) is 1.82. The van der Waals surface area contributed by atoms with Crippen LogP contribution in [0.4, 0.5) is 4.39 Å². The zero-order chi connectivity index (χ0) is 13.3. The zero-order valence-electron chi connectivity index (χ0n) is 11.1. The van der Waals surface area contributed by atoms with Crippen molar-refractivity contribution in [3.63, 3.8) is 0 Å². The Labute approximate surface area is 106 Å².